The average molecular weight is 613 g/mol. The monoisotopic (exact) mass is 612 g/mol. The van der Waals surface area contributed by atoms with Crippen LogP contribution in [0.2, 0.25) is 0 Å². The van der Waals surface area contributed by atoms with E-state index in [2.05, 4.69) is 32.4 Å². The van der Waals surface area contributed by atoms with Crippen LogP contribution < -0.4 is 15.0 Å². The van der Waals surface area contributed by atoms with E-state index in [1.165, 1.54) is 12.8 Å². The zero-order valence-corrected chi connectivity index (χ0v) is 26.4. The van der Waals surface area contributed by atoms with Gasteiger partial charge >= 0.3 is 5.97 Å². The number of ether oxygens (including phenoxy) is 2. The van der Waals surface area contributed by atoms with Crippen molar-refractivity contribution in [2.24, 2.45) is 20.5 Å². The van der Waals surface area contributed by atoms with Crippen LogP contribution in [0.15, 0.2) is 106 Å². The number of hydrogen-bond donors (Lipinski definition) is 1. The first-order valence-corrected chi connectivity index (χ1v) is 15.5. The number of unbranched alkanes of at least 4 members (excludes halogenated alkanes) is 5. The Balaban J connectivity index is 1.33. The maximum atomic E-state index is 11.2. The number of nitrogens with one attached hydrogen (secondary N) is 1. The summed E-state index contributed by atoms with van der Waals surface area (Å²) in [5.74, 6) is 0.524. The highest BCUT2D eigenvalue weighted by molar-refractivity contribution is 5.81. The number of amides is 1. The summed E-state index contributed by atoms with van der Waals surface area (Å²) >= 11 is 0. The van der Waals surface area contributed by atoms with Gasteiger partial charge in [0.2, 0.25) is 5.91 Å². The van der Waals surface area contributed by atoms with Crippen molar-refractivity contribution in [3.05, 3.63) is 85.5 Å². The molecule has 0 bridgehead atoms. The Kier molecular flexibility index (Phi) is 15.5. The van der Waals surface area contributed by atoms with E-state index in [1.807, 2.05) is 91.7 Å². The van der Waals surface area contributed by atoms with Crippen LogP contribution in [0, 0.1) is 0 Å². The number of anilines is 1. The minimum absolute atomic E-state index is 0.128. The summed E-state index contributed by atoms with van der Waals surface area (Å²) in [5, 5.41) is 20.2. The Bertz CT molecular complexity index is 1370. The van der Waals surface area contributed by atoms with Crippen LogP contribution in [0.4, 0.5) is 28.4 Å². The molecule has 0 saturated carbocycles. The fraction of sp³-hybridized carbons (Fsp3) is 0.371. The van der Waals surface area contributed by atoms with Crippen LogP contribution >= 0.6 is 0 Å². The second kappa shape index (κ2) is 20.2. The standard InChI is InChI=1S/C35H44N6O4/c1-4-34(42)36-24-10-8-6-7-9-11-26-44-33-22-18-31(19-23-33)40-38-29-14-12-28(13-15-29)37-39-30-16-20-32(21-17-30)41(3)25-27-45-35(43)5-2/h5,12-23H,2,4,6-11,24-27H2,1,3H3,(H,36,42). The molecule has 10 nitrogen and oxygen atoms in total. The van der Waals surface area contributed by atoms with Crippen molar-refractivity contribution in [3.63, 3.8) is 0 Å². The molecule has 0 atom stereocenters. The molecule has 0 aromatic heterocycles. The zero-order chi connectivity index (χ0) is 32.1. The van der Waals surface area contributed by atoms with Crippen molar-refractivity contribution < 1.29 is 19.1 Å². The van der Waals surface area contributed by atoms with Gasteiger partial charge in [-0.15, -0.1) is 0 Å². The minimum atomic E-state index is -0.427. The summed E-state index contributed by atoms with van der Waals surface area (Å²) in [5.41, 5.74) is 3.87. The van der Waals surface area contributed by atoms with Gasteiger partial charge < -0.3 is 19.7 Å². The van der Waals surface area contributed by atoms with E-state index in [-0.39, 0.29) is 12.5 Å². The number of carbonyl (C=O) groups excluding carboxylic acids is 2. The van der Waals surface area contributed by atoms with E-state index in [4.69, 9.17) is 9.47 Å². The highest BCUT2D eigenvalue weighted by atomic mass is 16.5. The molecule has 3 aromatic rings. The van der Waals surface area contributed by atoms with Crippen LogP contribution in [-0.2, 0) is 14.3 Å². The van der Waals surface area contributed by atoms with E-state index in [0.29, 0.717) is 30.9 Å². The number of likely N-dealkylation sites (N-methyl/N-ethyl adjacent to an activating group) is 1. The molecular weight excluding hydrogens is 568 g/mol. The third-order valence-corrected chi connectivity index (χ3v) is 6.86. The van der Waals surface area contributed by atoms with Crippen molar-refractivity contribution in [1.82, 2.24) is 5.32 Å². The summed E-state index contributed by atoms with van der Waals surface area (Å²) in [6, 6.07) is 22.6. The second-order valence-corrected chi connectivity index (χ2v) is 10.4. The normalized spacial score (nSPS) is 11.1. The Labute approximate surface area is 266 Å². The molecule has 0 fully saturated rings. The molecule has 0 aliphatic rings. The highest BCUT2D eigenvalue weighted by Gasteiger charge is 2.03. The molecule has 0 radical (unpaired) electrons. The summed E-state index contributed by atoms with van der Waals surface area (Å²) in [4.78, 5) is 24.4. The van der Waals surface area contributed by atoms with Crippen molar-refractivity contribution in [2.75, 3.05) is 38.3 Å². The predicted octanol–water partition coefficient (Wildman–Crippen LogP) is 8.93. The first-order chi connectivity index (χ1) is 22.0. The van der Waals surface area contributed by atoms with Crippen molar-refractivity contribution in [1.29, 1.82) is 0 Å². The van der Waals surface area contributed by atoms with E-state index < -0.39 is 5.97 Å². The third kappa shape index (κ3) is 14.0. The topological polar surface area (TPSA) is 117 Å². The SMILES string of the molecule is C=CC(=O)OCCN(C)c1ccc(N=Nc2ccc(N=Nc3ccc(OCCCCCCCCNC(=O)CC)cc3)cc2)cc1. The largest absolute Gasteiger partial charge is 0.494 e. The van der Waals surface area contributed by atoms with Gasteiger partial charge in [0.1, 0.15) is 12.4 Å². The highest BCUT2D eigenvalue weighted by Crippen LogP contribution is 2.25. The number of carbonyl (C=O) groups is 2. The Hall–Kier alpha value is -4.86. The maximum absolute atomic E-state index is 11.2. The van der Waals surface area contributed by atoms with E-state index in [9.17, 15) is 9.59 Å². The predicted molar refractivity (Wildman–Crippen MR) is 179 cm³/mol. The molecule has 0 saturated heterocycles. The van der Waals surface area contributed by atoms with Crippen LogP contribution in [0.1, 0.15) is 51.9 Å². The van der Waals surface area contributed by atoms with Gasteiger partial charge in [-0.3, -0.25) is 4.79 Å². The first-order valence-electron chi connectivity index (χ1n) is 15.5. The van der Waals surface area contributed by atoms with Crippen LogP contribution in [0.3, 0.4) is 0 Å². The fourth-order valence-corrected chi connectivity index (χ4v) is 4.15. The van der Waals surface area contributed by atoms with Gasteiger partial charge in [-0.2, -0.15) is 20.5 Å². The quantitative estimate of drug-likeness (QED) is 0.0592. The zero-order valence-electron chi connectivity index (χ0n) is 26.4. The molecule has 3 rings (SSSR count). The number of rotatable bonds is 20. The van der Waals surface area contributed by atoms with Gasteiger partial charge in [0.05, 0.1) is 35.9 Å². The molecule has 0 aliphatic heterocycles. The van der Waals surface area contributed by atoms with Crippen LogP contribution in [0.5, 0.6) is 5.75 Å². The van der Waals surface area contributed by atoms with Crippen LogP contribution in [0.25, 0.3) is 0 Å². The third-order valence-electron chi connectivity index (χ3n) is 6.86. The smallest absolute Gasteiger partial charge is 0.330 e. The van der Waals surface area contributed by atoms with Gasteiger partial charge in [0.25, 0.3) is 0 Å². The molecule has 238 valence electrons. The second-order valence-electron chi connectivity index (χ2n) is 10.4. The lowest BCUT2D eigenvalue weighted by molar-refractivity contribution is -0.137. The fourth-order valence-electron chi connectivity index (χ4n) is 4.15. The number of benzene rings is 3. The van der Waals surface area contributed by atoms with Gasteiger partial charge in [-0.05, 0) is 85.6 Å². The van der Waals surface area contributed by atoms with Crippen molar-refractivity contribution >= 4 is 40.3 Å². The molecule has 0 spiro atoms. The Morgan fingerprint density at radius 1 is 0.733 bits per heavy atom. The van der Waals surface area contributed by atoms with Gasteiger partial charge in [-0.1, -0.05) is 39.2 Å². The number of hydrogen-bond acceptors (Lipinski definition) is 9. The van der Waals surface area contributed by atoms with E-state index in [0.717, 1.165) is 61.1 Å². The molecule has 3 aromatic carbocycles. The molecule has 10 heteroatoms. The average Bonchev–Trinajstić information content (AvgIpc) is 3.08. The lowest BCUT2D eigenvalue weighted by Crippen LogP contribution is -2.23. The van der Waals surface area contributed by atoms with E-state index >= 15 is 0 Å². The summed E-state index contributed by atoms with van der Waals surface area (Å²) < 4.78 is 10.9. The minimum Gasteiger partial charge on any atom is -0.494 e. The van der Waals surface area contributed by atoms with Crippen molar-refractivity contribution in [3.8, 4) is 5.75 Å². The molecule has 1 N–H and O–H groups in total. The van der Waals surface area contributed by atoms with Gasteiger partial charge in [0.15, 0.2) is 0 Å². The van der Waals surface area contributed by atoms with Gasteiger partial charge in [-0.25, -0.2) is 4.79 Å². The van der Waals surface area contributed by atoms with Crippen LogP contribution in [-0.4, -0.2) is 45.2 Å². The molecule has 1 amide bonds. The Morgan fingerprint density at radius 2 is 1.22 bits per heavy atom. The summed E-state index contributed by atoms with van der Waals surface area (Å²) in [6.07, 6.45) is 8.41. The van der Waals surface area contributed by atoms with Crippen molar-refractivity contribution in [2.45, 2.75) is 51.9 Å². The lowest BCUT2D eigenvalue weighted by Gasteiger charge is -2.18. The number of nitrogens with zero attached hydrogens (tertiary/aromatic N) is 5. The first kappa shape index (κ1) is 34.6. The summed E-state index contributed by atoms with van der Waals surface area (Å²) in [6.45, 7) is 7.58. The Morgan fingerprint density at radius 3 is 1.76 bits per heavy atom. The summed E-state index contributed by atoms with van der Waals surface area (Å²) in [7, 11) is 1.92. The number of esters is 1. The van der Waals surface area contributed by atoms with Gasteiger partial charge in [0, 0.05) is 31.8 Å². The molecule has 45 heavy (non-hydrogen) atoms. The van der Waals surface area contributed by atoms with E-state index in [1.54, 1.807) is 0 Å². The lowest BCUT2D eigenvalue weighted by atomic mass is 10.1. The molecule has 0 unspecified atom stereocenters. The number of azo groups is 2. The molecular formula is C35H44N6O4. The molecule has 0 heterocycles. The molecule has 0 aliphatic carbocycles. The maximum Gasteiger partial charge on any atom is 0.330 e.